The molecule has 0 amide bonds. The average molecular weight is 227 g/mol. The number of carboxylic acids is 3. The van der Waals surface area contributed by atoms with Crippen molar-refractivity contribution in [3.05, 3.63) is 0 Å². The van der Waals surface area contributed by atoms with Crippen LogP contribution in [0.4, 0.5) is 0 Å². The molecule has 0 saturated heterocycles. The molecular formula is C6H7ClO7. The minimum Gasteiger partial charge on any atom is -0.481 e. The Hall–Kier alpha value is -1.34. The van der Waals surface area contributed by atoms with E-state index in [1.165, 1.54) is 0 Å². The summed E-state index contributed by atoms with van der Waals surface area (Å²) in [5.74, 6) is -7.49. The Morgan fingerprint density at radius 1 is 1.21 bits per heavy atom. The fraction of sp³-hybridized carbons (Fsp3) is 0.500. The Balaban J connectivity index is 4.91. The zero-order chi connectivity index (χ0) is 11.5. The second-order valence-corrected chi connectivity index (χ2v) is 3.04. The van der Waals surface area contributed by atoms with Crippen LogP contribution in [-0.2, 0) is 14.4 Å². The Kier molecular flexibility index (Phi) is 3.84. The maximum Gasteiger partial charge on any atom is 0.352 e. The molecule has 0 aromatic rings. The van der Waals surface area contributed by atoms with Gasteiger partial charge in [0.15, 0.2) is 0 Å². The maximum absolute atomic E-state index is 10.4. The van der Waals surface area contributed by atoms with E-state index in [4.69, 9.17) is 32.0 Å². The standard InChI is InChI=1S/C6H7ClO7/c7-6(14,5(12)13)2(4(10)11)1-3(8)9/h2,14H,1H2,(H,8,9)(H,10,11)(H,12,13). The summed E-state index contributed by atoms with van der Waals surface area (Å²) < 4.78 is 0. The van der Waals surface area contributed by atoms with E-state index in [-0.39, 0.29) is 0 Å². The van der Waals surface area contributed by atoms with E-state index in [9.17, 15) is 14.4 Å². The van der Waals surface area contributed by atoms with Gasteiger partial charge in [-0.05, 0) is 0 Å². The SMILES string of the molecule is O=C(O)CC(C(=O)O)C(O)(Cl)C(=O)O. The lowest BCUT2D eigenvalue weighted by Crippen LogP contribution is -2.45. The van der Waals surface area contributed by atoms with E-state index in [2.05, 4.69) is 0 Å². The third-order valence-corrected chi connectivity index (χ3v) is 1.86. The first-order valence-electron chi connectivity index (χ1n) is 3.28. The molecule has 8 heteroatoms. The lowest BCUT2D eigenvalue weighted by atomic mass is 9.98. The van der Waals surface area contributed by atoms with Crippen LogP contribution in [0.15, 0.2) is 0 Å². The second-order valence-electron chi connectivity index (χ2n) is 2.47. The highest BCUT2D eigenvalue weighted by Gasteiger charge is 2.48. The summed E-state index contributed by atoms with van der Waals surface area (Å²) in [6.07, 6.45) is -1.08. The Labute approximate surface area is 82.5 Å². The lowest BCUT2D eigenvalue weighted by Gasteiger charge is -2.21. The number of alkyl halides is 1. The normalized spacial score (nSPS) is 16.7. The van der Waals surface area contributed by atoms with Crippen molar-refractivity contribution in [3.63, 3.8) is 0 Å². The fourth-order valence-corrected chi connectivity index (χ4v) is 0.880. The summed E-state index contributed by atoms with van der Waals surface area (Å²) in [6, 6.07) is 0. The van der Waals surface area contributed by atoms with Crippen LogP contribution < -0.4 is 0 Å². The molecule has 0 heterocycles. The van der Waals surface area contributed by atoms with Gasteiger partial charge in [0.25, 0.3) is 5.06 Å². The third kappa shape index (κ3) is 2.86. The van der Waals surface area contributed by atoms with Gasteiger partial charge in [0, 0.05) is 0 Å². The summed E-state index contributed by atoms with van der Waals surface area (Å²) in [5, 5.41) is 30.9. The monoisotopic (exact) mass is 226 g/mol. The average Bonchev–Trinajstić information content (AvgIpc) is 1.98. The smallest absolute Gasteiger partial charge is 0.352 e. The zero-order valence-corrected chi connectivity index (χ0v) is 7.43. The van der Waals surface area contributed by atoms with E-state index < -0.39 is 35.3 Å². The van der Waals surface area contributed by atoms with Crippen LogP contribution in [0.25, 0.3) is 0 Å². The number of hydrogen-bond donors (Lipinski definition) is 4. The number of halogens is 1. The van der Waals surface area contributed by atoms with Crippen LogP contribution in [-0.4, -0.2) is 43.4 Å². The molecule has 0 bridgehead atoms. The van der Waals surface area contributed by atoms with Gasteiger partial charge in [-0.15, -0.1) is 0 Å². The van der Waals surface area contributed by atoms with Crippen LogP contribution in [0.2, 0.25) is 0 Å². The van der Waals surface area contributed by atoms with E-state index in [1.54, 1.807) is 0 Å². The summed E-state index contributed by atoms with van der Waals surface area (Å²) in [7, 11) is 0. The Morgan fingerprint density at radius 3 is 1.86 bits per heavy atom. The van der Waals surface area contributed by atoms with E-state index in [0.717, 1.165) is 0 Å². The van der Waals surface area contributed by atoms with Crippen LogP contribution in [0.3, 0.4) is 0 Å². The molecule has 4 N–H and O–H groups in total. The molecular weight excluding hydrogens is 220 g/mol. The third-order valence-electron chi connectivity index (χ3n) is 1.44. The van der Waals surface area contributed by atoms with Gasteiger partial charge in [-0.3, -0.25) is 9.59 Å². The fourth-order valence-electron chi connectivity index (χ4n) is 0.710. The summed E-state index contributed by atoms with van der Waals surface area (Å²) in [6.45, 7) is 0. The van der Waals surface area contributed by atoms with Crippen molar-refractivity contribution >= 4 is 29.5 Å². The molecule has 2 atom stereocenters. The maximum atomic E-state index is 10.4. The highest BCUT2D eigenvalue weighted by atomic mass is 35.5. The van der Waals surface area contributed by atoms with Crippen molar-refractivity contribution in [1.82, 2.24) is 0 Å². The van der Waals surface area contributed by atoms with Crippen molar-refractivity contribution in [2.45, 2.75) is 11.5 Å². The highest BCUT2D eigenvalue weighted by molar-refractivity contribution is 6.33. The van der Waals surface area contributed by atoms with Crippen molar-refractivity contribution in [1.29, 1.82) is 0 Å². The number of carboxylic acid groups (broad SMARTS) is 3. The van der Waals surface area contributed by atoms with Gasteiger partial charge in [0.1, 0.15) is 5.92 Å². The van der Waals surface area contributed by atoms with Crippen molar-refractivity contribution in [2.75, 3.05) is 0 Å². The van der Waals surface area contributed by atoms with Gasteiger partial charge in [-0.25, -0.2) is 4.79 Å². The first-order chi connectivity index (χ1) is 6.19. The minimum absolute atomic E-state index is 1.08. The lowest BCUT2D eigenvalue weighted by molar-refractivity contribution is -0.166. The predicted molar refractivity (Wildman–Crippen MR) is 41.8 cm³/mol. The number of carbonyl (C=O) groups is 3. The summed E-state index contributed by atoms with van der Waals surface area (Å²) in [5.41, 5.74) is 0. The van der Waals surface area contributed by atoms with Crippen LogP contribution in [0.5, 0.6) is 0 Å². The number of aliphatic hydroxyl groups is 1. The molecule has 0 aliphatic heterocycles. The van der Waals surface area contributed by atoms with Gasteiger partial charge >= 0.3 is 17.9 Å². The van der Waals surface area contributed by atoms with Crippen molar-refractivity contribution in [2.24, 2.45) is 5.92 Å². The molecule has 0 aromatic carbocycles. The van der Waals surface area contributed by atoms with Gasteiger partial charge in [0.05, 0.1) is 6.42 Å². The molecule has 14 heavy (non-hydrogen) atoms. The molecule has 0 aliphatic rings. The topological polar surface area (TPSA) is 132 Å². The van der Waals surface area contributed by atoms with E-state index in [0.29, 0.717) is 0 Å². The number of rotatable bonds is 5. The van der Waals surface area contributed by atoms with Gasteiger partial charge in [0.2, 0.25) is 0 Å². The van der Waals surface area contributed by atoms with E-state index >= 15 is 0 Å². The second kappa shape index (κ2) is 4.25. The Bertz CT molecular complexity index is 271. The highest BCUT2D eigenvalue weighted by Crippen LogP contribution is 2.26. The summed E-state index contributed by atoms with van der Waals surface area (Å²) in [4.78, 5) is 30.9. The molecule has 80 valence electrons. The van der Waals surface area contributed by atoms with Gasteiger partial charge in [-0.2, -0.15) is 0 Å². The number of aliphatic carboxylic acids is 3. The predicted octanol–water partition coefficient (Wildman–Crippen LogP) is -0.826. The summed E-state index contributed by atoms with van der Waals surface area (Å²) >= 11 is 4.99. The Morgan fingerprint density at radius 2 is 1.64 bits per heavy atom. The van der Waals surface area contributed by atoms with Crippen LogP contribution in [0.1, 0.15) is 6.42 Å². The minimum atomic E-state index is -3.12. The molecule has 0 spiro atoms. The van der Waals surface area contributed by atoms with Crippen LogP contribution >= 0.6 is 11.6 Å². The molecule has 0 saturated carbocycles. The quantitative estimate of drug-likeness (QED) is 0.450. The molecule has 7 nitrogen and oxygen atoms in total. The molecule has 0 radical (unpaired) electrons. The molecule has 0 fully saturated rings. The first kappa shape index (κ1) is 12.7. The van der Waals surface area contributed by atoms with Crippen LogP contribution in [0, 0.1) is 5.92 Å². The largest absolute Gasteiger partial charge is 0.481 e. The number of hydrogen-bond acceptors (Lipinski definition) is 4. The van der Waals surface area contributed by atoms with Gasteiger partial charge < -0.3 is 20.4 Å². The molecule has 0 rings (SSSR count). The molecule has 0 aliphatic carbocycles. The zero-order valence-electron chi connectivity index (χ0n) is 6.68. The van der Waals surface area contributed by atoms with E-state index in [1.807, 2.05) is 0 Å². The first-order valence-corrected chi connectivity index (χ1v) is 3.66. The van der Waals surface area contributed by atoms with Crippen molar-refractivity contribution < 1.29 is 34.8 Å². The molecule has 2 unspecified atom stereocenters. The van der Waals surface area contributed by atoms with Gasteiger partial charge in [-0.1, -0.05) is 11.6 Å². The van der Waals surface area contributed by atoms with Crippen molar-refractivity contribution in [3.8, 4) is 0 Å². The molecule has 0 aromatic heterocycles.